The zero-order chi connectivity index (χ0) is 8.81. The predicted molar refractivity (Wildman–Crippen MR) is 49.7 cm³/mol. The van der Waals surface area contributed by atoms with Crippen LogP contribution in [0.15, 0.2) is 23.9 Å². The van der Waals surface area contributed by atoms with Gasteiger partial charge in [-0.15, -0.1) is 0 Å². The average molecular weight is 165 g/mol. The summed E-state index contributed by atoms with van der Waals surface area (Å²) >= 11 is 0. The summed E-state index contributed by atoms with van der Waals surface area (Å²) in [6.45, 7) is 2.14. The number of aldehydes is 1. The van der Waals surface area contributed by atoms with E-state index in [4.69, 9.17) is 0 Å². The Labute approximate surface area is 73.4 Å². The first kappa shape index (κ1) is 9.04. The van der Waals surface area contributed by atoms with E-state index in [9.17, 15) is 4.79 Å². The zero-order valence-corrected chi connectivity index (χ0v) is 7.42. The van der Waals surface area contributed by atoms with Gasteiger partial charge in [0.25, 0.3) is 0 Å². The fourth-order valence-electron chi connectivity index (χ4n) is 1.31. The van der Waals surface area contributed by atoms with Crippen LogP contribution >= 0.6 is 0 Å². The molecule has 2 heteroatoms. The first-order valence-corrected chi connectivity index (χ1v) is 4.40. The molecule has 2 nitrogen and oxygen atoms in total. The van der Waals surface area contributed by atoms with E-state index in [1.807, 2.05) is 12.3 Å². The van der Waals surface area contributed by atoms with Crippen LogP contribution in [0.5, 0.6) is 0 Å². The van der Waals surface area contributed by atoms with Crippen molar-refractivity contribution >= 4 is 6.29 Å². The van der Waals surface area contributed by atoms with Crippen LogP contribution in [0.3, 0.4) is 0 Å². The van der Waals surface area contributed by atoms with Crippen molar-refractivity contribution in [2.45, 2.75) is 32.2 Å². The van der Waals surface area contributed by atoms with Gasteiger partial charge in [0.05, 0.1) is 0 Å². The van der Waals surface area contributed by atoms with Crippen LogP contribution in [0.4, 0.5) is 0 Å². The first-order valence-electron chi connectivity index (χ1n) is 4.40. The molecule has 1 heterocycles. The van der Waals surface area contributed by atoms with Crippen molar-refractivity contribution in [3.05, 3.63) is 23.9 Å². The molecule has 0 aromatic rings. The number of rotatable bonds is 4. The summed E-state index contributed by atoms with van der Waals surface area (Å²) in [5.41, 5.74) is 1.39. The number of hydrogen-bond donors (Lipinski definition) is 1. The normalized spacial score (nSPS) is 21.4. The second-order valence-corrected chi connectivity index (χ2v) is 3.05. The Bertz CT molecular complexity index is 206. The molecule has 0 saturated heterocycles. The molecular weight excluding hydrogens is 150 g/mol. The van der Waals surface area contributed by atoms with Gasteiger partial charge in [0.15, 0.2) is 0 Å². The van der Waals surface area contributed by atoms with Crippen molar-refractivity contribution < 1.29 is 4.79 Å². The largest absolute Gasteiger partial charge is 0.385 e. The number of carbonyl (C=O) groups is 1. The van der Waals surface area contributed by atoms with Crippen molar-refractivity contribution in [3.63, 3.8) is 0 Å². The van der Waals surface area contributed by atoms with Crippen molar-refractivity contribution in [3.8, 4) is 0 Å². The number of unbranched alkanes of at least 4 members (excludes halogenated alkanes) is 1. The lowest BCUT2D eigenvalue weighted by atomic mass is 10.0. The van der Waals surface area contributed by atoms with Gasteiger partial charge in [-0.05, 0) is 37.6 Å². The van der Waals surface area contributed by atoms with Crippen molar-refractivity contribution in [2.24, 2.45) is 0 Å². The SMILES string of the molecule is C[C@H]1NC=CC=C1CCCC=O. The third-order valence-corrected chi connectivity index (χ3v) is 2.10. The van der Waals surface area contributed by atoms with Gasteiger partial charge in [-0.2, -0.15) is 0 Å². The molecule has 0 aliphatic carbocycles. The van der Waals surface area contributed by atoms with Crippen LogP contribution in [0, 0.1) is 0 Å². The van der Waals surface area contributed by atoms with E-state index in [0.29, 0.717) is 12.5 Å². The molecule has 1 N–H and O–H groups in total. The van der Waals surface area contributed by atoms with Crippen LogP contribution in [0.2, 0.25) is 0 Å². The molecule has 0 bridgehead atoms. The van der Waals surface area contributed by atoms with E-state index < -0.39 is 0 Å². The summed E-state index contributed by atoms with van der Waals surface area (Å²) in [5, 5.41) is 3.22. The van der Waals surface area contributed by atoms with Crippen LogP contribution in [0.25, 0.3) is 0 Å². The van der Waals surface area contributed by atoms with Gasteiger partial charge in [-0.25, -0.2) is 0 Å². The summed E-state index contributed by atoms with van der Waals surface area (Å²) in [4.78, 5) is 10.1. The van der Waals surface area contributed by atoms with E-state index in [1.54, 1.807) is 0 Å². The minimum Gasteiger partial charge on any atom is -0.385 e. The highest BCUT2D eigenvalue weighted by molar-refractivity contribution is 5.49. The molecular formula is C10H15NO. The lowest BCUT2D eigenvalue weighted by Gasteiger charge is -2.18. The topological polar surface area (TPSA) is 29.1 Å². The molecule has 0 aromatic heterocycles. The highest BCUT2D eigenvalue weighted by atomic mass is 16.1. The Kier molecular flexibility index (Phi) is 3.58. The quantitative estimate of drug-likeness (QED) is 0.508. The molecule has 0 unspecified atom stereocenters. The van der Waals surface area contributed by atoms with Crippen LogP contribution in [-0.4, -0.2) is 12.3 Å². The molecule has 12 heavy (non-hydrogen) atoms. The molecule has 0 saturated carbocycles. The van der Waals surface area contributed by atoms with Crippen LogP contribution in [0.1, 0.15) is 26.2 Å². The highest BCUT2D eigenvalue weighted by Gasteiger charge is 2.07. The average Bonchev–Trinajstić information content (AvgIpc) is 2.09. The molecule has 0 amide bonds. The van der Waals surface area contributed by atoms with Gasteiger partial charge in [0, 0.05) is 12.5 Å². The van der Waals surface area contributed by atoms with E-state index in [1.165, 1.54) is 5.57 Å². The van der Waals surface area contributed by atoms with E-state index in [0.717, 1.165) is 19.1 Å². The fourth-order valence-corrected chi connectivity index (χ4v) is 1.31. The highest BCUT2D eigenvalue weighted by Crippen LogP contribution is 2.13. The molecule has 0 spiro atoms. The number of hydrogen-bond acceptors (Lipinski definition) is 2. The minimum atomic E-state index is 0.432. The molecule has 1 atom stereocenters. The van der Waals surface area contributed by atoms with Crippen LogP contribution in [-0.2, 0) is 4.79 Å². The van der Waals surface area contributed by atoms with Crippen molar-refractivity contribution in [1.82, 2.24) is 5.32 Å². The van der Waals surface area contributed by atoms with Gasteiger partial charge in [0.2, 0.25) is 0 Å². The third kappa shape index (κ3) is 2.53. The van der Waals surface area contributed by atoms with Crippen molar-refractivity contribution in [1.29, 1.82) is 0 Å². The summed E-state index contributed by atoms with van der Waals surface area (Å²) in [6.07, 6.45) is 9.74. The second kappa shape index (κ2) is 4.75. The lowest BCUT2D eigenvalue weighted by molar-refractivity contribution is -0.107. The number of carbonyl (C=O) groups excluding carboxylic acids is 1. The maximum atomic E-state index is 10.1. The van der Waals surface area contributed by atoms with Gasteiger partial charge < -0.3 is 10.1 Å². The Morgan fingerprint density at radius 3 is 3.17 bits per heavy atom. The molecule has 1 aliphatic rings. The molecule has 1 aliphatic heterocycles. The van der Waals surface area contributed by atoms with Gasteiger partial charge in [0.1, 0.15) is 6.29 Å². The lowest BCUT2D eigenvalue weighted by Crippen LogP contribution is -2.24. The summed E-state index contributed by atoms with van der Waals surface area (Å²) < 4.78 is 0. The predicted octanol–water partition coefficient (Wildman–Crippen LogP) is 1.79. The Morgan fingerprint density at radius 1 is 1.67 bits per heavy atom. The number of nitrogens with one attached hydrogen (secondary N) is 1. The van der Waals surface area contributed by atoms with Crippen molar-refractivity contribution in [2.75, 3.05) is 0 Å². The Hall–Kier alpha value is -1.05. The third-order valence-electron chi connectivity index (χ3n) is 2.10. The Balaban J connectivity index is 2.33. The second-order valence-electron chi connectivity index (χ2n) is 3.05. The fraction of sp³-hybridized carbons (Fsp3) is 0.500. The monoisotopic (exact) mass is 165 g/mol. The number of dihydropyridines is 1. The summed E-state index contributed by atoms with van der Waals surface area (Å²) in [5.74, 6) is 0. The summed E-state index contributed by atoms with van der Waals surface area (Å²) in [6, 6.07) is 0.432. The maximum absolute atomic E-state index is 10.1. The van der Waals surface area contributed by atoms with Gasteiger partial charge >= 0.3 is 0 Å². The van der Waals surface area contributed by atoms with E-state index in [-0.39, 0.29) is 0 Å². The van der Waals surface area contributed by atoms with E-state index in [2.05, 4.69) is 18.3 Å². The number of allylic oxidation sites excluding steroid dienone is 2. The first-order chi connectivity index (χ1) is 5.84. The molecule has 0 radical (unpaired) electrons. The Morgan fingerprint density at radius 2 is 2.50 bits per heavy atom. The zero-order valence-electron chi connectivity index (χ0n) is 7.42. The van der Waals surface area contributed by atoms with Gasteiger partial charge in [-0.3, -0.25) is 0 Å². The molecule has 1 rings (SSSR count). The van der Waals surface area contributed by atoms with E-state index >= 15 is 0 Å². The minimum absolute atomic E-state index is 0.432. The molecule has 0 aromatic carbocycles. The molecule has 0 fully saturated rings. The standard InChI is InChI=1S/C10H15NO/c1-9-10(5-2-3-8-12)6-4-7-11-9/h4,6-9,11H,2-3,5H2,1H3/t9-/m1/s1. The molecule has 66 valence electrons. The van der Waals surface area contributed by atoms with Crippen LogP contribution < -0.4 is 5.32 Å². The smallest absolute Gasteiger partial charge is 0.120 e. The maximum Gasteiger partial charge on any atom is 0.120 e. The van der Waals surface area contributed by atoms with Gasteiger partial charge in [-0.1, -0.05) is 6.08 Å². The summed E-state index contributed by atoms with van der Waals surface area (Å²) in [7, 11) is 0.